The maximum absolute atomic E-state index is 11.5. The highest BCUT2D eigenvalue weighted by atomic mass is 16.5. The zero-order valence-corrected chi connectivity index (χ0v) is 11.1. The second kappa shape index (κ2) is 7.96. The Labute approximate surface area is 116 Å². The van der Waals surface area contributed by atoms with E-state index in [2.05, 4.69) is 5.32 Å². The molecule has 0 aromatic heterocycles. The molecule has 0 fully saturated rings. The molecule has 6 heteroatoms. The van der Waals surface area contributed by atoms with Gasteiger partial charge in [-0.15, -0.1) is 0 Å². The lowest BCUT2D eigenvalue weighted by Gasteiger charge is -2.09. The number of nitrogens with one attached hydrogen (secondary N) is 1. The molecule has 1 atom stereocenters. The van der Waals surface area contributed by atoms with Gasteiger partial charge in [0.25, 0.3) is 0 Å². The number of carbonyl (C=O) groups excluding carboxylic acids is 1. The number of carboxylic acid groups (broad SMARTS) is 1. The normalized spacial score (nSPS) is 12.1. The first kappa shape index (κ1) is 15.7. The smallest absolute Gasteiger partial charge is 0.328 e. The molecule has 0 heterocycles. The average molecular weight is 279 g/mol. The summed E-state index contributed by atoms with van der Waals surface area (Å²) in [4.78, 5) is 22.2. The fraction of sp³-hybridized carbons (Fsp3) is 0.286. The average Bonchev–Trinajstić information content (AvgIpc) is 2.43. The van der Waals surface area contributed by atoms with E-state index in [1.54, 1.807) is 18.2 Å². The highest BCUT2D eigenvalue weighted by Gasteiger charge is 2.17. The van der Waals surface area contributed by atoms with Gasteiger partial charge in [0.15, 0.2) is 6.04 Å². The predicted molar refractivity (Wildman–Crippen MR) is 73.3 cm³/mol. The van der Waals surface area contributed by atoms with Crippen molar-refractivity contribution in [3.05, 3.63) is 35.9 Å². The first-order valence-corrected chi connectivity index (χ1v) is 6.12. The molecular weight excluding hydrogens is 262 g/mol. The van der Waals surface area contributed by atoms with Gasteiger partial charge in [-0.05, 0) is 19.1 Å². The summed E-state index contributed by atoms with van der Waals surface area (Å²) in [7, 11) is 0. The summed E-state index contributed by atoms with van der Waals surface area (Å²) in [6, 6.07) is 5.85. The van der Waals surface area contributed by atoms with Crippen LogP contribution in [-0.4, -0.2) is 41.3 Å². The SMILES string of the molecule is CCOc1ccccc1/C=C/C(=O)N[C@@H](CO)C(=O)O. The number of hydrogen-bond donors (Lipinski definition) is 3. The van der Waals surface area contributed by atoms with Crippen LogP contribution >= 0.6 is 0 Å². The fourth-order valence-electron chi connectivity index (χ4n) is 1.48. The van der Waals surface area contributed by atoms with Crippen molar-refractivity contribution in [1.82, 2.24) is 5.32 Å². The maximum atomic E-state index is 11.5. The van der Waals surface area contributed by atoms with E-state index in [-0.39, 0.29) is 0 Å². The lowest BCUT2D eigenvalue weighted by molar-refractivity contribution is -0.142. The van der Waals surface area contributed by atoms with Crippen LogP contribution in [-0.2, 0) is 9.59 Å². The summed E-state index contributed by atoms with van der Waals surface area (Å²) < 4.78 is 5.39. The number of benzene rings is 1. The van der Waals surface area contributed by atoms with Gasteiger partial charge < -0.3 is 20.3 Å². The highest BCUT2D eigenvalue weighted by molar-refractivity contribution is 5.94. The number of para-hydroxylation sites is 1. The van der Waals surface area contributed by atoms with Crippen LogP contribution in [0.3, 0.4) is 0 Å². The van der Waals surface area contributed by atoms with E-state index in [1.165, 1.54) is 12.2 Å². The van der Waals surface area contributed by atoms with Crippen LogP contribution in [0.5, 0.6) is 5.75 Å². The van der Waals surface area contributed by atoms with Gasteiger partial charge in [0, 0.05) is 11.6 Å². The van der Waals surface area contributed by atoms with E-state index in [4.69, 9.17) is 14.9 Å². The molecule has 0 saturated heterocycles. The molecule has 0 spiro atoms. The number of carboxylic acids is 1. The lowest BCUT2D eigenvalue weighted by Crippen LogP contribution is -2.42. The number of ether oxygens (including phenoxy) is 1. The Kier molecular flexibility index (Phi) is 6.25. The first-order valence-electron chi connectivity index (χ1n) is 6.12. The molecule has 108 valence electrons. The number of aliphatic carboxylic acids is 1. The number of amides is 1. The van der Waals surface area contributed by atoms with Gasteiger partial charge in [0.05, 0.1) is 13.2 Å². The Balaban J connectivity index is 2.72. The Morgan fingerprint density at radius 1 is 1.40 bits per heavy atom. The quantitative estimate of drug-likeness (QED) is 0.637. The Morgan fingerprint density at radius 3 is 2.70 bits per heavy atom. The fourth-order valence-corrected chi connectivity index (χ4v) is 1.48. The van der Waals surface area contributed by atoms with E-state index in [0.29, 0.717) is 17.9 Å². The second-order valence-corrected chi connectivity index (χ2v) is 3.89. The van der Waals surface area contributed by atoms with Gasteiger partial charge in [0.2, 0.25) is 5.91 Å². The molecule has 3 N–H and O–H groups in total. The summed E-state index contributed by atoms with van der Waals surface area (Å²) in [6.45, 7) is 1.69. The summed E-state index contributed by atoms with van der Waals surface area (Å²) in [5, 5.41) is 19.7. The van der Waals surface area contributed by atoms with E-state index < -0.39 is 24.5 Å². The van der Waals surface area contributed by atoms with Crippen molar-refractivity contribution in [3.63, 3.8) is 0 Å². The topological polar surface area (TPSA) is 95.9 Å². The van der Waals surface area contributed by atoms with Crippen molar-refractivity contribution in [1.29, 1.82) is 0 Å². The molecule has 0 aliphatic heterocycles. The van der Waals surface area contributed by atoms with Gasteiger partial charge in [0.1, 0.15) is 5.75 Å². The predicted octanol–water partition coefficient (Wildman–Crippen LogP) is 0.660. The van der Waals surface area contributed by atoms with Crippen LogP contribution in [0.15, 0.2) is 30.3 Å². The van der Waals surface area contributed by atoms with Gasteiger partial charge in [-0.2, -0.15) is 0 Å². The molecule has 1 aromatic rings. The van der Waals surface area contributed by atoms with Crippen molar-refractivity contribution in [3.8, 4) is 5.75 Å². The molecule has 0 aliphatic carbocycles. The monoisotopic (exact) mass is 279 g/mol. The number of aliphatic hydroxyl groups is 1. The minimum atomic E-state index is -1.31. The number of rotatable bonds is 7. The second-order valence-electron chi connectivity index (χ2n) is 3.89. The summed E-state index contributed by atoms with van der Waals surface area (Å²) in [5.41, 5.74) is 0.709. The van der Waals surface area contributed by atoms with Crippen molar-refractivity contribution in [2.45, 2.75) is 13.0 Å². The van der Waals surface area contributed by atoms with Crippen molar-refractivity contribution >= 4 is 18.0 Å². The number of carbonyl (C=O) groups is 2. The van der Waals surface area contributed by atoms with E-state index in [9.17, 15) is 9.59 Å². The molecule has 0 aliphatic rings. The standard InChI is InChI=1S/C14H17NO5/c1-2-20-12-6-4-3-5-10(12)7-8-13(17)15-11(9-16)14(18)19/h3-8,11,16H,2,9H2,1H3,(H,15,17)(H,18,19)/b8-7+/t11-/m0/s1. The molecule has 1 amide bonds. The molecule has 0 bridgehead atoms. The Bertz CT molecular complexity index is 498. The molecule has 20 heavy (non-hydrogen) atoms. The molecule has 0 saturated carbocycles. The zero-order valence-electron chi connectivity index (χ0n) is 11.1. The zero-order chi connectivity index (χ0) is 15.0. The third-order valence-corrected chi connectivity index (χ3v) is 2.43. The van der Waals surface area contributed by atoms with Crippen molar-refractivity contribution in [2.75, 3.05) is 13.2 Å². The minimum absolute atomic E-state index is 0.503. The van der Waals surface area contributed by atoms with Gasteiger partial charge >= 0.3 is 5.97 Å². The molecular formula is C14H17NO5. The summed E-state index contributed by atoms with van der Waals surface area (Å²) in [6.07, 6.45) is 2.72. The molecule has 0 radical (unpaired) electrons. The van der Waals surface area contributed by atoms with Crippen LogP contribution in [0.2, 0.25) is 0 Å². The molecule has 1 rings (SSSR count). The van der Waals surface area contributed by atoms with Crippen LogP contribution in [0.1, 0.15) is 12.5 Å². The summed E-state index contributed by atoms with van der Waals surface area (Å²) >= 11 is 0. The Hall–Kier alpha value is -2.34. The van der Waals surface area contributed by atoms with Crippen LogP contribution in [0.25, 0.3) is 6.08 Å². The van der Waals surface area contributed by atoms with Gasteiger partial charge in [-0.3, -0.25) is 4.79 Å². The van der Waals surface area contributed by atoms with Gasteiger partial charge in [-0.1, -0.05) is 18.2 Å². The minimum Gasteiger partial charge on any atom is -0.493 e. The van der Waals surface area contributed by atoms with E-state index in [0.717, 1.165) is 0 Å². The highest BCUT2D eigenvalue weighted by Crippen LogP contribution is 2.19. The third kappa shape index (κ3) is 4.74. The maximum Gasteiger partial charge on any atom is 0.328 e. The third-order valence-electron chi connectivity index (χ3n) is 2.43. The summed E-state index contributed by atoms with van der Waals surface area (Å²) in [5.74, 6) is -1.25. The van der Waals surface area contributed by atoms with Crippen molar-refractivity contribution in [2.24, 2.45) is 0 Å². The largest absolute Gasteiger partial charge is 0.493 e. The number of aliphatic hydroxyl groups excluding tert-OH is 1. The molecule has 1 aromatic carbocycles. The Morgan fingerprint density at radius 2 is 2.10 bits per heavy atom. The van der Waals surface area contributed by atoms with Gasteiger partial charge in [-0.25, -0.2) is 4.79 Å². The first-order chi connectivity index (χ1) is 9.58. The molecule has 0 unspecified atom stereocenters. The van der Waals surface area contributed by atoms with Crippen LogP contribution in [0, 0.1) is 0 Å². The molecule has 6 nitrogen and oxygen atoms in total. The van der Waals surface area contributed by atoms with E-state index >= 15 is 0 Å². The van der Waals surface area contributed by atoms with Crippen LogP contribution < -0.4 is 10.1 Å². The number of hydrogen-bond acceptors (Lipinski definition) is 4. The van der Waals surface area contributed by atoms with E-state index in [1.807, 2.05) is 13.0 Å². The lowest BCUT2D eigenvalue weighted by atomic mass is 10.2. The van der Waals surface area contributed by atoms with Crippen LogP contribution in [0.4, 0.5) is 0 Å². The van der Waals surface area contributed by atoms with Crippen molar-refractivity contribution < 1.29 is 24.5 Å².